The summed E-state index contributed by atoms with van der Waals surface area (Å²) in [4.78, 5) is 33.5. The van der Waals surface area contributed by atoms with Crippen LogP contribution in [0.3, 0.4) is 0 Å². The number of halogens is 1. The maximum absolute atomic E-state index is 13.4. The van der Waals surface area contributed by atoms with Crippen molar-refractivity contribution in [3.05, 3.63) is 75.6 Å². The van der Waals surface area contributed by atoms with Crippen molar-refractivity contribution in [3.8, 4) is 0 Å². The molecule has 0 unspecified atom stereocenters. The Labute approximate surface area is 148 Å². The highest BCUT2D eigenvalue weighted by Crippen LogP contribution is 2.21. The molecule has 0 aliphatic carbocycles. The third-order valence-corrected chi connectivity index (χ3v) is 3.34. The van der Waals surface area contributed by atoms with Crippen LogP contribution in [0, 0.1) is 22.9 Å². The number of nitrogens with one attached hydrogen (secondary N) is 1. The first kappa shape index (κ1) is 18.8. The summed E-state index contributed by atoms with van der Waals surface area (Å²) >= 11 is 0. The molecule has 0 heterocycles. The van der Waals surface area contributed by atoms with E-state index in [2.05, 4.69) is 5.32 Å². The Bertz CT molecular complexity index is 880. The van der Waals surface area contributed by atoms with Gasteiger partial charge in [0.2, 0.25) is 0 Å². The van der Waals surface area contributed by atoms with E-state index in [-0.39, 0.29) is 11.3 Å². The van der Waals surface area contributed by atoms with E-state index < -0.39 is 29.2 Å². The van der Waals surface area contributed by atoms with Crippen LogP contribution in [0.2, 0.25) is 0 Å². The molecule has 7 nitrogen and oxygen atoms in total. The molecule has 0 saturated carbocycles. The summed E-state index contributed by atoms with van der Waals surface area (Å²) in [6.07, 6.45) is 2.26. The number of anilines is 1. The van der Waals surface area contributed by atoms with Gasteiger partial charge in [0.25, 0.3) is 11.6 Å². The minimum atomic E-state index is -0.802. The number of esters is 1. The SMILES string of the molecule is Cc1cc([N+](=O)[O-])ccc1NC(=O)COC(=O)/C=C/c1ccccc1F. The lowest BCUT2D eigenvalue weighted by atomic mass is 10.2. The Hall–Kier alpha value is -3.55. The van der Waals surface area contributed by atoms with Gasteiger partial charge in [0, 0.05) is 29.5 Å². The van der Waals surface area contributed by atoms with Crippen molar-refractivity contribution in [1.82, 2.24) is 0 Å². The first-order chi connectivity index (χ1) is 12.4. The molecule has 0 aromatic heterocycles. The smallest absolute Gasteiger partial charge is 0.331 e. The summed E-state index contributed by atoms with van der Waals surface area (Å²) < 4.78 is 18.2. The number of nitro groups is 1. The number of nitro benzene ring substituents is 1. The van der Waals surface area contributed by atoms with Crippen molar-refractivity contribution in [2.24, 2.45) is 0 Å². The van der Waals surface area contributed by atoms with Crippen molar-refractivity contribution in [2.45, 2.75) is 6.92 Å². The quantitative estimate of drug-likeness (QED) is 0.370. The van der Waals surface area contributed by atoms with Gasteiger partial charge in [-0.05, 0) is 30.7 Å². The number of ether oxygens (including phenoxy) is 1. The summed E-state index contributed by atoms with van der Waals surface area (Å²) in [7, 11) is 0. The summed E-state index contributed by atoms with van der Waals surface area (Å²) in [6.45, 7) is 1.06. The predicted octanol–water partition coefficient (Wildman–Crippen LogP) is 3.24. The van der Waals surface area contributed by atoms with Crippen LogP contribution in [0.5, 0.6) is 0 Å². The number of aryl methyl sites for hydroxylation is 1. The monoisotopic (exact) mass is 358 g/mol. The van der Waals surface area contributed by atoms with Gasteiger partial charge >= 0.3 is 5.97 Å². The summed E-state index contributed by atoms with van der Waals surface area (Å²) in [6, 6.07) is 9.85. The molecule has 0 radical (unpaired) electrons. The van der Waals surface area contributed by atoms with Gasteiger partial charge in [-0.25, -0.2) is 9.18 Å². The fourth-order valence-corrected chi connectivity index (χ4v) is 2.04. The minimum absolute atomic E-state index is 0.0924. The zero-order valence-electron chi connectivity index (χ0n) is 13.8. The van der Waals surface area contributed by atoms with E-state index in [4.69, 9.17) is 4.74 Å². The Morgan fingerprint density at radius 2 is 2.00 bits per heavy atom. The van der Waals surface area contributed by atoms with E-state index in [0.717, 1.165) is 6.08 Å². The lowest BCUT2D eigenvalue weighted by molar-refractivity contribution is -0.384. The first-order valence-corrected chi connectivity index (χ1v) is 7.51. The van der Waals surface area contributed by atoms with Crippen LogP contribution < -0.4 is 5.32 Å². The zero-order chi connectivity index (χ0) is 19.1. The Balaban J connectivity index is 1.88. The van der Waals surface area contributed by atoms with Crippen molar-refractivity contribution >= 4 is 29.3 Å². The number of hydrogen-bond acceptors (Lipinski definition) is 5. The minimum Gasteiger partial charge on any atom is -0.452 e. The summed E-state index contributed by atoms with van der Waals surface area (Å²) in [5.41, 5.74) is 0.998. The molecule has 0 spiro atoms. The number of hydrogen-bond donors (Lipinski definition) is 1. The van der Waals surface area contributed by atoms with Crippen LogP contribution in [-0.2, 0) is 14.3 Å². The van der Waals surface area contributed by atoms with Gasteiger partial charge in [0.1, 0.15) is 5.82 Å². The molecule has 134 valence electrons. The molecule has 0 aliphatic heterocycles. The molecule has 0 fully saturated rings. The van der Waals surface area contributed by atoms with Crippen molar-refractivity contribution in [2.75, 3.05) is 11.9 Å². The Kier molecular flexibility index (Phi) is 6.15. The third-order valence-electron chi connectivity index (χ3n) is 3.34. The standard InChI is InChI=1S/C18H15FN2O5/c1-12-10-14(21(24)25)7-8-16(12)20-17(22)11-26-18(23)9-6-13-4-2-3-5-15(13)19/h2-10H,11H2,1H3,(H,20,22)/b9-6+. The maximum atomic E-state index is 13.4. The average Bonchev–Trinajstić information content (AvgIpc) is 2.60. The van der Waals surface area contributed by atoms with E-state index in [0.29, 0.717) is 11.3 Å². The molecule has 2 aromatic carbocycles. The highest BCUT2D eigenvalue weighted by atomic mass is 19.1. The molecule has 0 aliphatic rings. The number of carbonyl (C=O) groups is 2. The second-order valence-electron chi connectivity index (χ2n) is 5.27. The number of benzene rings is 2. The molecule has 1 N–H and O–H groups in total. The number of carbonyl (C=O) groups excluding carboxylic acids is 2. The summed E-state index contributed by atoms with van der Waals surface area (Å²) in [5.74, 6) is -1.89. The van der Waals surface area contributed by atoms with Crippen LogP contribution in [0.15, 0.2) is 48.5 Å². The van der Waals surface area contributed by atoms with E-state index in [1.165, 1.54) is 42.5 Å². The fraction of sp³-hybridized carbons (Fsp3) is 0.111. The molecular weight excluding hydrogens is 343 g/mol. The van der Waals surface area contributed by atoms with E-state index in [9.17, 15) is 24.1 Å². The van der Waals surface area contributed by atoms with Crippen molar-refractivity contribution in [1.29, 1.82) is 0 Å². The number of nitrogens with zero attached hydrogens (tertiary/aromatic N) is 1. The lowest BCUT2D eigenvalue weighted by Gasteiger charge is -2.08. The van der Waals surface area contributed by atoms with Gasteiger partial charge in [0.15, 0.2) is 6.61 Å². The van der Waals surface area contributed by atoms with Gasteiger partial charge in [0.05, 0.1) is 4.92 Å². The molecular formula is C18H15FN2O5. The number of non-ortho nitro benzene ring substituents is 1. The third kappa shape index (κ3) is 5.23. The van der Waals surface area contributed by atoms with Crippen molar-refractivity contribution in [3.63, 3.8) is 0 Å². The van der Waals surface area contributed by atoms with E-state index in [1.807, 2.05) is 0 Å². The second kappa shape index (κ2) is 8.52. The van der Waals surface area contributed by atoms with Gasteiger partial charge in [-0.2, -0.15) is 0 Å². The molecule has 8 heteroatoms. The largest absolute Gasteiger partial charge is 0.452 e. The molecule has 26 heavy (non-hydrogen) atoms. The van der Waals surface area contributed by atoms with Crippen LogP contribution in [0.1, 0.15) is 11.1 Å². The molecule has 2 rings (SSSR count). The molecule has 0 saturated heterocycles. The van der Waals surface area contributed by atoms with Gasteiger partial charge in [-0.15, -0.1) is 0 Å². The highest BCUT2D eigenvalue weighted by Gasteiger charge is 2.11. The van der Waals surface area contributed by atoms with Crippen LogP contribution in [0.4, 0.5) is 15.8 Å². The van der Waals surface area contributed by atoms with Crippen LogP contribution >= 0.6 is 0 Å². The second-order valence-corrected chi connectivity index (χ2v) is 5.27. The summed E-state index contributed by atoms with van der Waals surface area (Å²) in [5, 5.41) is 13.2. The normalized spacial score (nSPS) is 10.5. The molecule has 0 bridgehead atoms. The topological polar surface area (TPSA) is 98.5 Å². The average molecular weight is 358 g/mol. The van der Waals surface area contributed by atoms with Gasteiger partial charge < -0.3 is 10.1 Å². The highest BCUT2D eigenvalue weighted by molar-refractivity contribution is 5.95. The zero-order valence-corrected chi connectivity index (χ0v) is 13.8. The Morgan fingerprint density at radius 3 is 2.65 bits per heavy atom. The molecule has 0 atom stereocenters. The van der Waals surface area contributed by atoms with Gasteiger partial charge in [-0.1, -0.05) is 18.2 Å². The van der Waals surface area contributed by atoms with E-state index in [1.54, 1.807) is 13.0 Å². The fourth-order valence-electron chi connectivity index (χ4n) is 2.04. The maximum Gasteiger partial charge on any atom is 0.331 e. The molecule has 2 aromatic rings. The van der Waals surface area contributed by atoms with Crippen LogP contribution in [0.25, 0.3) is 6.08 Å². The Morgan fingerprint density at radius 1 is 1.27 bits per heavy atom. The number of amides is 1. The lowest BCUT2D eigenvalue weighted by Crippen LogP contribution is -2.20. The van der Waals surface area contributed by atoms with Gasteiger partial charge in [-0.3, -0.25) is 14.9 Å². The van der Waals surface area contributed by atoms with E-state index >= 15 is 0 Å². The van der Waals surface area contributed by atoms with Crippen molar-refractivity contribution < 1.29 is 23.6 Å². The molecule has 1 amide bonds. The number of rotatable bonds is 6. The van der Waals surface area contributed by atoms with Crippen LogP contribution in [-0.4, -0.2) is 23.4 Å². The first-order valence-electron chi connectivity index (χ1n) is 7.51. The predicted molar refractivity (Wildman–Crippen MR) is 92.9 cm³/mol.